The number of carbonyl (C=O) groups excluding carboxylic acids is 1. The Bertz CT molecular complexity index is 686. The molecule has 1 N–H and O–H groups in total. The van der Waals surface area contributed by atoms with Crippen molar-refractivity contribution >= 4 is 18.4 Å². The standard InChI is InChI=1S/C20H27NO4.ClH/c1-20(2)15(12-14-6-4-5-7-18(14)25-20)8-10-21-11-9-17(22)16(13-21)19(23)24-3;/h4-7,15,22H,8-13H2,1-3H3;1H. The van der Waals surface area contributed by atoms with Crippen LogP contribution in [0.2, 0.25) is 0 Å². The average molecular weight is 382 g/mol. The lowest BCUT2D eigenvalue weighted by Crippen LogP contribution is -2.44. The van der Waals surface area contributed by atoms with Crippen molar-refractivity contribution in [1.82, 2.24) is 4.90 Å². The molecule has 1 unspecified atom stereocenters. The topological polar surface area (TPSA) is 59.0 Å². The van der Waals surface area contributed by atoms with E-state index in [1.165, 1.54) is 12.7 Å². The highest BCUT2D eigenvalue weighted by molar-refractivity contribution is 5.89. The number of aliphatic hydroxyl groups excluding tert-OH is 1. The monoisotopic (exact) mass is 381 g/mol. The first kappa shape index (κ1) is 20.6. The van der Waals surface area contributed by atoms with Crippen LogP contribution in [0, 0.1) is 5.92 Å². The molecule has 0 amide bonds. The molecule has 0 saturated carbocycles. The predicted octanol–water partition coefficient (Wildman–Crippen LogP) is 3.52. The number of halogens is 1. The van der Waals surface area contributed by atoms with Crippen LogP contribution in [0.15, 0.2) is 35.6 Å². The van der Waals surface area contributed by atoms with Crippen molar-refractivity contribution in [3.8, 4) is 5.75 Å². The molecule has 0 radical (unpaired) electrons. The summed E-state index contributed by atoms with van der Waals surface area (Å²) in [5, 5.41) is 9.93. The largest absolute Gasteiger partial charge is 0.512 e. The Labute approximate surface area is 161 Å². The molecule has 6 heteroatoms. The summed E-state index contributed by atoms with van der Waals surface area (Å²) >= 11 is 0. The van der Waals surface area contributed by atoms with Crippen LogP contribution in [0.4, 0.5) is 0 Å². The lowest BCUT2D eigenvalue weighted by atomic mass is 9.80. The van der Waals surface area contributed by atoms with E-state index in [1.807, 2.05) is 12.1 Å². The van der Waals surface area contributed by atoms with Gasteiger partial charge < -0.3 is 14.6 Å². The van der Waals surface area contributed by atoms with Crippen LogP contribution in [-0.4, -0.2) is 48.3 Å². The number of rotatable bonds is 4. The summed E-state index contributed by atoms with van der Waals surface area (Å²) < 4.78 is 11.0. The molecule has 2 aliphatic heterocycles. The second-order valence-corrected chi connectivity index (χ2v) is 7.45. The molecule has 26 heavy (non-hydrogen) atoms. The van der Waals surface area contributed by atoms with Gasteiger partial charge in [-0.05, 0) is 44.9 Å². The van der Waals surface area contributed by atoms with Gasteiger partial charge in [-0.2, -0.15) is 0 Å². The number of hydrogen-bond donors (Lipinski definition) is 1. The number of para-hydroxylation sites is 1. The zero-order chi connectivity index (χ0) is 18.0. The number of aliphatic hydroxyl groups is 1. The summed E-state index contributed by atoms with van der Waals surface area (Å²) in [6.45, 7) is 6.37. The first-order valence-corrected chi connectivity index (χ1v) is 8.89. The van der Waals surface area contributed by atoms with Crippen LogP contribution >= 0.6 is 12.4 Å². The van der Waals surface area contributed by atoms with Crippen LogP contribution in [0.5, 0.6) is 5.75 Å². The normalized spacial score (nSPS) is 22.0. The molecule has 1 aromatic rings. The maximum Gasteiger partial charge on any atom is 0.338 e. The second kappa shape index (κ2) is 8.31. The van der Waals surface area contributed by atoms with Gasteiger partial charge in [-0.25, -0.2) is 4.79 Å². The number of hydrogen-bond acceptors (Lipinski definition) is 5. The number of esters is 1. The molecule has 144 valence electrons. The number of methoxy groups -OCH3 is 1. The molecule has 3 rings (SSSR count). The fourth-order valence-corrected chi connectivity index (χ4v) is 3.74. The zero-order valence-electron chi connectivity index (χ0n) is 15.7. The van der Waals surface area contributed by atoms with E-state index in [1.54, 1.807) is 0 Å². The number of benzene rings is 1. The van der Waals surface area contributed by atoms with E-state index in [0.29, 0.717) is 24.5 Å². The highest BCUT2D eigenvalue weighted by Crippen LogP contribution is 2.38. The third-order valence-electron chi connectivity index (χ3n) is 5.42. The number of ether oxygens (including phenoxy) is 2. The lowest BCUT2D eigenvalue weighted by molar-refractivity contribution is -0.136. The summed E-state index contributed by atoms with van der Waals surface area (Å²) in [7, 11) is 1.35. The maximum atomic E-state index is 11.8. The SMILES string of the molecule is COC(=O)C1=C(O)CCN(CCC2Cc3ccccc3OC2(C)C)C1.Cl. The fourth-order valence-electron chi connectivity index (χ4n) is 3.74. The van der Waals surface area contributed by atoms with Gasteiger partial charge in [0.25, 0.3) is 0 Å². The highest BCUT2D eigenvalue weighted by Gasteiger charge is 2.37. The van der Waals surface area contributed by atoms with Crippen molar-refractivity contribution in [3.63, 3.8) is 0 Å². The van der Waals surface area contributed by atoms with Crippen LogP contribution in [0.1, 0.15) is 32.3 Å². The van der Waals surface area contributed by atoms with Crippen molar-refractivity contribution in [1.29, 1.82) is 0 Å². The van der Waals surface area contributed by atoms with Crippen molar-refractivity contribution < 1.29 is 19.4 Å². The van der Waals surface area contributed by atoms with Gasteiger partial charge in [0.05, 0.1) is 12.7 Å². The first-order chi connectivity index (χ1) is 11.9. The van der Waals surface area contributed by atoms with Gasteiger partial charge in [0, 0.05) is 25.4 Å². The van der Waals surface area contributed by atoms with Gasteiger partial charge in [-0.3, -0.25) is 4.90 Å². The van der Waals surface area contributed by atoms with E-state index in [-0.39, 0.29) is 23.8 Å². The molecule has 0 fully saturated rings. The van der Waals surface area contributed by atoms with E-state index >= 15 is 0 Å². The molecule has 0 aromatic heterocycles. The lowest BCUT2D eigenvalue weighted by Gasteiger charge is -2.41. The van der Waals surface area contributed by atoms with E-state index in [2.05, 4.69) is 30.9 Å². The fraction of sp³-hybridized carbons (Fsp3) is 0.550. The maximum absolute atomic E-state index is 11.8. The highest BCUT2D eigenvalue weighted by atomic mass is 35.5. The molecule has 2 aliphatic rings. The average Bonchev–Trinajstić information content (AvgIpc) is 2.59. The minimum Gasteiger partial charge on any atom is -0.512 e. The van der Waals surface area contributed by atoms with Gasteiger partial charge in [-0.1, -0.05) is 18.2 Å². The van der Waals surface area contributed by atoms with Crippen LogP contribution in [0.25, 0.3) is 0 Å². The van der Waals surface area contributed by atoms with Gasteiger partial charge >= 0.3 is 5.97 Å². The van der Waals surface area contributed by atoms with Crippen LogP contribution in [0.3, 0.4) is 0 Å². The van der Waals surface area contributed by atoms with Gasteiger partial charge in [0.2, 0.25) is 0 Å². The van der Waals surface area contributed by atoms with E-state index in [4.69, 9.17) is 9.47 Å². The molecule has 0 saturated heterocycles. The summed E-state index contributed by atoms with van der Waals surface area (Å²) in [6.07, 6.45) is 2.48. The Morgan fingerprint density at radius 3 is 2.85 bits per heavy atom. The number of nitrogens with zero attached hydrogens (tertiary/aromatic N) is 1. The Morgan fingerprint density at radius 1 is 1.38 bits per heavy atom. The summed E-state index contributed by atoms with van der Waals surface area (Å²) in [5.41, 5.74) is 1.43. The van der Waals surface area contributed by atoms with Crippen molar-refractivity contribution in [2.24, 2.45) is 5.92 Å². The quantitative estimate of drug-likeness (QED) is 0.808. The summed E-state index contributed by atoms with van der Waals surface area (Å²) in [4.78, 5) is 14.0. The molecule has 5 nitrogen and oxygen atoms in total. The Morgan fingerprint density at radius 2 is 2.12 bits per heavy atom. The van der Waals surface area contributed by atoms with Crippen molar-refractivity contribution in [2.45, 2.75) is 38.7 Å². The predicted molar refractivity (Wildman–Crippen MR) is 103 cm³/mol. The van der Waals surface area contributed by atoms with E-state index in [9.17, 15) is 9.90 Å². The summed E-state index contributed by atoms with van der Waals surface area (Å²) in [5.74, 6) is 1.13. The van der Waals surface area contributed by atoms with E-state index < -0.39 is 5.97 Å². The minimum absolute atomic E-state index is 0. The molecule has 0 bridgehead atoms. The third-order valence-corrected chi connectivity index (χ3v) is 5.42. The smallest absolute Gasteiger partial charge is 0.338 e. The number of carbonyl (C=O) groups is 1. The van der Waals surface area contributed by atoms with Crippen molar-refractivity contribution in [3.05, 3.63) is 41.2 Å². The molecule has 0 aliphatic carbocycles. The van der Waals surface area contributed by atoms with E-state index in [0.717, 1.165) is 31.7 Å². The van der Waals surface area contributed by atoms with Gasteiger partial charge in [0.15, 0.2) is 0 Å². The molecule has 2 heterocycles. The Kier molecular flexibility index (Phi) is 6.58. The minimum atomic E-state index is -0.433. The summed E-state index contributed by atoms with van der Waals surface area (Å²) in [6, 6.07) is 8.23. The van der Waals surface area contributed by atoms with Gasteiger partial charge in [0.1, 0.15) is 17.1 Å². The Balaban J connectivity index is 0.00000243. The molecule has 0 spiro atoms. The van der Waals surface area contributed by atoms with Crippen molar-refractivity contribution in [2.75, 3.05) is 26.7 Å². The second-order valence-electron chi connectivity index (χ2n) is 7.45. The van der Waals surface area contributed by atoms with Crippen LogP contribution in [-0.2, 0) is 16.0 Å². The molecular weight excluding hydrogens is 354 g/mol. The van der Waals surface area contributed by atoms with Gasteiger partial charge in [-0.15, -0.1) is 12.4 Å². The molecule has 1 aromatic carbocycles. The van der Waals surface area contributed by atoms with Crippen LogP contribution < -0.4 is 4.74 Å². The zero-order valence-corrected chi connectivity index (χ0v) is 16.5. The first-order valence-electron chi connectivity index (χ1n) is 8.89. The molecular formula is C20H28ClNO4. The third kappa shape index (κ3) is 4.33. The number of fused-ring (bicyclic) bond motifs is 1. The molecule has 1 atom stereocenters. The Hall–Kier alpha value is -1.72.